The summed E-state index contributed by atoms with van der Waals surface area (Å²) in [5.74, 6) is 1.23. The average molecular weight is 406 g/mol. The molecule has 156 valence electrons. The van der Waals surface area contributed by atoms with Crippen LogP contribution in [0.1, 0.15) is 41.7 Å². The first-order chi connectivity index (χ1) is 14.7. The van der Waals surface area contributed by atoms with Crippen LogP contribution in [0.2, 0.25) is 0 Å². The quantitative estimate of drug-likeness (QED) is 0.598. The highest BCUT2D eigenvalue weighted by atomic mass is 16.5. The molecule has 1 saturated heterocycles. The van der Waals surface area contributed by atoms with Crippen LogP contribution in [0.25, 0.3) is 0 Å². The van der Waals surface area contributed by atoms with Crippen molar-refractivity contribution >= 4 is 5.91 Å². The Bertz CT molecular complexity index is 952. The van der Waals surface area contributed by atoms with Gasteiger partial charge in [0.25, 0.3) is 5.91 Å². The molecule has 1 aromatic carbocycles. The molecule has 7 nitrogen and oxygen atoms in total. The minimum atomic E-state index is 0.0267. The Morgan fingerprint density at radius 2 is 1.97 bits per heavy atom. The maximum atomic E-state index is 13.0. The lowest BCUT2D eigenvalue weighted by atomic mass is 10.0. The second kappa shape index (κ2) is 9.43. The largest absolute Gasteiger partial charge is 0.490 e. The number of aromatic nitrogens is 3. The molecule has 1 fully saturated rings. The second-order valence-corrected chi connectivity index (χ2v) is 7.28. The topological polar surface area (TPSA) is 69.5 Å². The summed E-state index contributed by atoms with van der Waals surface area (Å²) in [6, 6.07) is 9.64. The first-order valence-electron chi connectivity index (χ1n) is 10.3. The van der Waals surface area contributed by atoms with E-state index >= 15 is 0 Å². The van der Waals surface area contributed by atoms with E-state index in [1.54, 1.807) is 24.7 Å². The number of carbonyl (C=O) groups excluding carboxylic acids is 1. The standard InChI is InChI=1S/C23H26N4O3/c1-2-29-22-14-19(5-6-21(22)30-16-18-4-3-9-24-15-18)23(28)26-11-7-20(8-12-26)27-13-10-25-17-27/h3-6,9-10,13-15,17,20H,2,7-8,11-12,16H2,1H3. The van der Waals surface area contributed by atoms with Gasteiger partial charge in [0.2, 0.25) is 0 Å². The van der Waals surface area contributed by atoms with Gasteiger partial charge in [-0.1, -0.05) is 6.07 Å². The van der Waals surface area contributed by atoms with E-state index in [4.69, 9.17) is 9.47 Å². The number of piperidine rings is 1. The van der Waals surface area contributed by atoms with E-state index in [1.165, 1.54) is 0 Å². The Morgan fingerprint density at radius 3 is 2.67 bits per heavy atom. The Hall–Kier alpha value is -3.35. The number of amides is 1. The van der Waals surface area contributed by atoms with Gasteiger partial charge in [-0.25, -0.2) is 4.98 Å². The number of hydrogen-bond acceptors (Lipinski definition) is 5. The van der Waals surface area contributed by atoms with Gasteiger partial charge in [-0.3, -0.25) is 9.78 Å². The summed E-state index contributed by atoms with van der Waals surface area (Å²) in [6.07, 6.45) is 11.0. The van der Waals surface area contributed by atoms with Crippen molar-refractivity contribution in [1.82, 2.24) is 19.4 Å². The Morgan fingerprint density at radius 1 is 1.10 bits per heavy atom. The molecule has 3 heterocycles. The van der Waals surface area contributed by atoms with Crippen molar-refractivity contribution in [3.8, 4) is 11.5 Å². The van der Waals surface area contributed by atoms with Crippen LogP contribution >= 0.6 is 0 Å². The first-order valence-corrected chi connectivity index (χ1v) is 10.3. The van der Waals surface area contributed by atoms with E-state index < -0.39 is 0 Å². The highest BCUT2D eigenvalue weighted by Crippen LogP contribution is 2.31. The van der Waals surface area contributed by atoms with Crippen molar-refractivity contribution in [3.63, 3.8) is 0 Å². The molecule has 0 spiro atoms. The van der Waals surface area contributed by atoms with Crippen LogP contribution < -0.4 is 9.47 Å². The Labute approximate surface area is 176 Å². The molecule has 0 bridgehead atoms. The summed E-state index contributed by atoms with van der Waals surface area (Å²) in [6.45, 7) is 4.26. The minimum absolute atomic E-state index is 0.0267. The summed E-state index contributed by atoms with van der Waals surface area (Å²) < 4.78 is 13.8. The predicted octanol–water partition coefficient (Wildman–Crippen LogP) is 3.73. The fourth-order valence-corrected chi connectivity index (χ4v) is 3.71. The van der Waals surface area contributed by atoms with Gasteiger partial charge in [0.05, 0.1) is 12.9 Å². The zero-order chi connectivity index (χ0) is 20.8. The highest BCUT2D eigenvalue weighted by molar-refractivity contribution is 5.95. The molecule has 0 N–H and O–H groups in total. The highest BCUT2D eigenvalue weighted by Gasteiger charge is 2.25. The molecule has 30 heavy (non-hydrogen) atoms. The molecule has 1 amide bonds. The first kappa shape index (κ1) is 19.9. The monoisotopic (exact) mass is 406 g/mol. The van der Waals surface area contributed by atoms with Gasteiger partial charge in [-0.05, 0) is 44.0 Å². The van der Waals surface area contributed by atoms with Gasteiger partial charge in [-0.15, -0.1) is 0 Å². The predicted molar refractivity (Wildman–Crippen MR) is 113 cm³/mol. The molecule has 0 saturated carbocycles. The normalized spacial score (nSPS) is 14.5. The number of imidazole rings is 1. The lowest BCUT2D eigenvalue weighted by molar-refractivity contribution is 0.0694. The van der Waals surface area contributed by atoms with Gasteiger partial charge in [0.1, 0.15) is 6.61 Å². The van der Waals surface area contributed by atoms with E-state index in [0.29, 0.717) is 36.3 Å². The Balaban J connectivity index is 1.42. The molecule has 1 aliphatic heterocycles. The van der Waals surface area contributed by atoms with E-state index in [0.717, 1.165) is 31.5 Å². The third kappa shape index (κ3) is 4.62. The van der Waals surface area contributed by atoms with E-state index in [9.17, 15) is 4.79 Å². The number of ether oxygens (including phenoxy) is 2. The molecule has 1 aliphatic rings. The number of benzene rings is 1. The number of nitrogens with zero attached hydrogens (tertiary/aromatic N) is 4. The zero-order valence-electron chi connectivity index (χ0n) is 17.1. The van der Waals surface area contributed by atoms with E-state index in [1.807, 2.05) is 48.6 Å². The van der Waals surface area contributed by atoms with Crippen LogP contribution in [0.4, 0.5) is 0 Å². The number of pyridine rings is 1. The van der Waals surface area contributed by atoms with Crippen molar-refractivity contribution in [2.24, 2.45) is 0 Å². The minimum Gasteiger partial charge on any atom is -0.490 e. The van der Waals surface area contributed by atoms with Crippen LogP contribution in [-0.4, -0.2) is 45.0 Å². The molecular formula is C23H26N4O3. The number of hydrogen-bond donors (Lipinski definition) is 0. The zero-order valence-corrected chi connectivity index (χ0v) is 17.1. The van der Waals surface area contributed by atoms with Crippen LogP contribution in [0.15, 0.2) is 61.4 Å². The van der Waals surface area contributed by atoms with Crippen LogP contribution in [-0.2, 0) is 6.61 Å². The van der Waals surface area contributed by atoms with Gasteiger partial charge in [0, 0.05) is 55.0 Å². The lowest BCUT2D eigenvalue weighted by Gasteiger charge is -2.32. The molecule has 4 rings (SSSR count). The third-order valence-electron chi connectivity index (χ3n) is 5.31. The summed E-state index contributed by atoms with van der Waals surface area (Å²) in [5, 5.41) is 0. The maximum absolute atomic E-state index is 13.0. The van der Waals surface area contributed by atoms with Gasteiger partial charge in [-0.2, -0.15) is 0 Å². The second-order valence-electron chi connectivity index (χ2n) is 7.28. The van der Waals surface area contributed by atoms with Gasteiger partial charge >= 0.3 is 0 Å². The van der Waals surface area contributed by atoms with Crippen molar-refractivity contribution in [1.29, 1.82) is 0 Å². The van der Waals surface area contributed by atoms with Crippen molar-refractivity contribution < 1.29 is 14.3 Å². The SMILES string of the molecule is CCOc1cc(C(=O)N2CCC(n3ccnc3)CC2)ccc1OCc1cccnc1. The molecule has 0 atom stereocenters. The molecule has 0 radical (unpaired) electrons. The van der Waals surface area contributed by atoms with Crippen LogP contribution in [0, 0.1) is 0 Å². The van der Waals surface area contributed by atoms with Gasteiger partial charge < -0.3 is 18.9 Å². The summed E-state index contributed by atoms with van der Waals surface area (Å²) in [5.41, 5.74) is 1.59. The summed E-state index contributed by atoms with van der Waals surface area (Å²) in [4.78, 5) is 23.2. The van der Waals surface area contributed by atoms with Crippen molar-refractivity contribution in [2.45, 2.75) is 32.4 Å². The summed E-state index contributed by atoms with van der Waals surface area (Å²) in [7, 11) is 0. The van der Waals surface area contributed by atoms with Gasteiger partial charge in [0.15, 0.2) is 11.5 Å². The molecule has 2 aromatic heterocycles. The fourth-order valence-electron chi connectivity index (χ4n) is 3.71. The number of carbonyl (C=O) groups is 1. The molecule has 7 heteroatoms. The number of likely N-dealkylation sites (tertiary alicyclic amines) is 1. The third-order valence-corrected chi connectivity index (χ3v) is 5.31. The van der Waals surface area contributed by atoms with Crippen molar-refractivity contribution in [3.05, 3.63) is 72.6 Å². The number of rotatable bonds is 7. The molecule has 0 unspecified atom stereocenters. The summed E-state index contributed by atoms with van der Waals surface area (Å²) >= 11 is 0. The molecular weight excluding hydrogens is 380 g/mol. The average Bonchev–Trinajstić information content (AvgIpc) is 3.34. The maximum Gasteiger partial charge on any atom is 0.253 e. The Kier molecular flexibility index (Phi) is 6.27. The van der Waals surface area contributed by atoms with E-state index in [2.05, 4.69) is 14.5 Å². The van der Waals surface area contributed by atoms with Crippen LogP contribution in [0.5, 0.6) is 11.5 Å². The van der Waals surface area contributed by atoms with Crippen LogP contribution in [0.3, 0.4) is 0 Å². The fraction of sp³-hybridized carbons (Fsp3) is 0.348. The smallest absolute Gasteiger partial charge is 0.253 e. The van der Waals surface area contributed by atoms with E-state index in [-0.39, 0.29) is 5.91 Å². The lowest BCUT2D eigenvalue weighted by Crippen LogP contribution is -2.38. The molecule has 0 aliphatic carbocycles. The van der Waals surface area contributed by atoms with Crippen molar-refractivity contribution in [2.75, 3.05) is 19.7 Å². The molecule has 3 aromatic rings.